The van der Waals surface area contributed by atoms with Crippen molar-refractivity contribution in [2.75, 3.05) is 0 Å². The number of hydrogen-bond donors (Lipinski definition) is 2. The van der Waals surface area contributed by atoms with Crippen molar-refractivity contribution in [1.82, 2.24) is 10.4 Å². The van der Waals surface area contributed by atoms with E-state index in [1.54, 1.807) is 12.4 Å². The average molecular weight is 214 g/mol. The van der Waals surface area contributed by atoms with Crippen LogP contribution in [0.3, 0.4) is 0 Å². The van der Waals surface area contributed by atoms with Crippen LogP contribution in [0.2, 0.25) is 0 Å². The minimum atomic E-state index is -0.690. The number of carbonyl (C=O) groups excluding carboxylic acids is 1. The van der Waals surface area contributed by atoms with Crippen molar-refractivity contribution >= 4 is 23.0 Å². The quantitative estimate of drug-likeness (QED) is 0.582. The summed E-state index contributed by atoms with van der Waals surface area (Å²) in [5.74, 6) is 0. The molecule has 0 atom stereocenters. The van der Waals surface area contributed by atoms with Crippen molar-refractivity contribution in [2.24, 2.45) is 10.8 Å². The summed E-state index contributed by atoms with van der Waals surface area (Å²) in [6.07, 6.45) is 4.96. The maximum Gasteiger partial charge on any atom is 0.332 e. The number of hydrogen-bond acceptors (Lipinski definition) is 3. The van der Waals surface area contributed by atoms with Crippen LogP contribution in [0.4, 0.5) is 4.79 Å². The summed E-state index contributed by atoms with van der Waals surface area (Å²) in [5, 5.41) is 5.74. The summed E-state index contributed by atoms with van der Waals surface area (Å²) in [7, 11) is 0. The summed E-state index contributed by atoms with van der Waals surface area (Å²) in [6.45, 7) is 0. The smallest absolute Gasteiger partial charge is 0.332 e. The molecule has 16 heavy (non-hydrogen) atoms. The second-order valence-electron chi connectivity index (χ2n) is 3.18. The normalized spacial score (nSPS) is 10.8. The molecule has 1 heterocycles. The Kier molecular flexibility index (Phi) is 2.77. The second-order valence-corrected chi connectivity index (χ2v) is 3.18. The summed E-state index contributed by atoms with van der Waals surface area (Å²) in [5.41, 5.74) is 7.85. The predicted octanol–water partition coefficient (Wildman–Crippen LogP) is 1.24. The van der Waals surface area contributed by atoms with Crippen molar-refractivity contribution in [3.63, 3.8) is 0 Å². The zero-order valence-corrected chi connectivity index (χ0v) is 8.42. The molecular weight excluding hydrogens is 204 g/mol. The third-order valence-corrected chi connectivity index (χ3v) is 2.08. The molecule has 1 aromatic carbocycles. The molecule has 2 aromatic rings. The van der Waals surface area contributed by atoms with Crippen LogP contribution in [-0.4, -0.2) is 17.2 Å². The van der Waals surface area contributed by atoms with E-state index in [0.29, 0.717) is 0 Å². The van der Waals surface area contributed by atoms with E-state index < -0.39 is 6.03 Å². The average Bonchev–Trinajstić information content (AvgIpc) is 2.29. The van der Waals surface area contributed by atoms with E-state index in [4.69, 9.17) is 5.73 Å². The molecule has 0 spiro atoms. The Bertz CT molecular complexity index is 545. The first-order valence-electron chi connectivity index (χ1n) is 4.68. The highest BCUT2D eigenvalue weighted by Crippen LogP contribution is 2.14. The molecule has 0 radical (unpaired) electrons. The number of pyridine rings is 1. The van der Waals surface area contributed by atoms with Crippen molar-refractivity contribution < 1.29 is 4.79 Å². The molecule has 0 unspecified atom stereocenters. The maximum absolute atomic E-state index is 10.4. The monoisotopic (exact) mass is 214 g/mol. The third kappa shape index (κ3) is 2.14. The van der Waals surface area contributed by atoms with Gasteiger partial charge in [0, 0.05) is 23.3 Å². The molecule has 5 heteroatoms. The van der Waals surface area contributed by atoms with Gasteiger partial charge in [0.15, 0.2) is 0 Å². The highest BCUT2D eigenvalue weighted by molar-refractivity contribution is 5.99. The van der Waals surface area contributed by atoms with E-state index in [-0.39, 0.29) is 0 Å². The second kappa shape index (κ2) is 4.39. The van der Waals surface area contributed by atoms with Gasteiger partial charge in [-0.1, -0.05) is 24.3 Å². The highest BCUT2D eigenvalue weighted by Gasteiger charge is 1.97. The van der Waals surface area contributed by atoms with Gasteiger partial charge in [-0.05, 0) is 5.39 Å². The van der Waals surface area contributed by atoms with Crippen LogP contribution >= 0.6 is 0 Å². The maximum atomic E-state index is 10.4. The van der Waals surface area contributed by atoms with Gasteiger partial charge in [0.05, 0.1) is 6.21 Å². The highest BCUT2D eigenvalue weighted by atomic mass is 16.2. The molecule has 5 nitrogen and oxygen atoms in total. The number of rotatable bonds is 2. The lowest BCUT2D eigenvalue weighted by Gasteiger charge is -2.00. The lowest BCUT2D eigenvalue weighted by molar-refractivity contribution is 0.249. The number of primary amides is 1. The minimum absolute atomic E-state index is 0.690. The van der Waals surface area contributed by atoms with Crippen molar-refractivity contribution in [1.29, 1.82) is 0 Å². The van der Waals surface area contributed by atoms with Crippen LogP contribution in [0.15, 0.2) is 41.8 Å². The zero-order chi connectivity index (χ0) is 11.4. The molecule has 0 aliphatic rings. The van der Waals surface area contributed by atoms with E-state index in [0.717, 1.165) is 16.3 Å². The Morgan fingerprint density at radius 3 is 3.00 bits per heavy atom. The van der Waals surface area contributed by atoms with E-state index in [2.05, 4.69) is 15.5 Å². The first kappa shape index (κ1) is 10.1. The van der Waals surface area contributed by atoms with Crippen LogP contribution in [0.5, 0.6) is 0 Å². The topological polar surface area (TPSA) is 80.4 Å². The number of nitrogens with two attached hydrogens (primary N) is 1. The van der Waals surface area contributed by atoms with Crippen LogP contribution in [0.25, 0.3) is 10.8 Å². The Morgan fingerprint density at radius 1 is 1.38 bits per heavy atom. The Balaban J connectivity index is 2.37. The number of nitrogens with zero attached hydrogens (tertiary/aromatic N) is 2. The number of nitrogens with one attached hydrogen (secondary N) is 1. The number of fused-ring (bicyclic) bond motifs is 1. The largest absolute Gasteiger partial charge is 0.350 e. The van der Waals surface area contributed by atoms with Crippen LogP contribution < -0.4 is 11.2 Å². The van der Waals surface area contributed by atoms with Crippen molar-refractivity contribution in [3.05, 3.63) is 42.2 Å². The van der Waals surface area contributed by atoms with E-state index in [9.17, 15) is 4.79 Å². The van der Waals surface area contributed by atoms with Gasteiger partial charge in [0.2, 0.25) is 0 Å². The first-order chi connectivity index (χ1) is 7.77. The molecule has 3 N–H and O–H groups in total. The number of urea groups is 1. The van der Waals surface area contributed by atoms with Gasteiger partial charge >= 0.3 is 6.03 Å². The van der Waals surface area contributed by atoms with Crippen molar-refractivity contribution in [3.8, 4) is 0 Å². The molecule has 0 aliphatic carbocycles. The first-order valence-corrected chi connectivity index (χ1v) is 4.68. The third-order valence-electron chi connectivity index (χ3n) is 2.08. The standard InChI is InChI=1S/C11H10N4O/c12-11(16)15-14-7-9-6-13-5-8-3-1-2-4-10(8)9/h1-7H,(H3,12,15,16)/b14-7+. The number of carbonyl (C=O) groups is 1. The predicted molar refractivity (Wildman–Crippen MR) is 62.1 cm³/mol. The fourth-order valence-electron chi connectivity index (χ4n) is 1.41. The van der Waals surface area contributed by atoms with E-state index in [1.807, 2.05) is 24.3 Å². The molecule has 2 rings (SSSR count). The molecule has 80 valence electrons. The van der Waals surface area contributed by atoms with Gasteiger partial charge in [0.1, 0.15) is 0 Å². The van der Waals surface area contributed by atoms with E-state index >= 15 is 0 Å². The van der Waals surface area contributed by atoms with Gasteiger partial charge in [-0.25, -0.2) is 10.2 Å². The molecule has 0 saturated heterocycles. The summed E-state index contributed by atoms with van der Waals surface area (Å²) in [6, 6.07) is 7.10. The summed E-state index contributed by atoms with van der Waals surface area (Å²) >= 11 is 0. The Labute approximate surface area is 92.0 Å². The molecule has 0 fully saturated rings. The fourth-order valence-corrected chi connectivity index (χ4v) is 1.41. The SMILES string of the molecule is NC(=O)N/N=C/c1cncc2ccccc12. The van der Waals surface area contributed by atoms with Crippen LogP contribution in [0.1, 0.15) is 5.56 Å². The van der Waals surface area contributed by atoms with Gasteiger partial charge in [-0.3, -0.25) is 4.98 Å². The molecule has 1 aromatic heterocycles. The zero-order valence-electron chi connectivity index (χ0n) is 8.42. The Morgan fingerprint density at radius 2 is 2.19 bits per heavy atom. The van der Waals surface area contributed by atoms with Gasteiger partial charge in [-0.2, -0.15) is 5.10 Å². The lowest BCUT2D eigenvalue weighted by Crippen LogP contribution is -2.24. The van der Waals surface area contributed by atoms with Crippen molar-refractivity contribution in [2.45, 2.75) is 0 Å². The molecule has 0 bridgehead atoms. The number of aromatic nitrogens is 1. The van der Waals surface area contributed by atoms with Gasteiger partial charge < -0.3 is 5.73 Å². The summed E-state index contributed by atoms with van der Waals surface area (Å²) in [4.78, 5) is 14.5. The minimum Gasteiger partial charge on any atom is -0.350 e. The van der Waals surface area contributed by atoms with Gasteiger partial charge in [0.25, 0.3) is 0 Å². The fraction of sp³-hybridized carbons (Fsp3) is 0. The molecule has 0 aliphatic heterocycles. The molecule has 0 saturated carbocycles. The Hall–Kier alpha value is -2.43. The summed E-state index contributed by atoms with van der Waals surface area (Å²) < 4.78 is 0. The molecule has 2 amide bonds. The van der Waals surface area contributed by atoms with E-state index in [1.165, 1.54) is 6.21 Å². The number of hydrazone groups is 1. The number of amides is 2. The van der Waals surface area contributed by atoms with Crippen LogP contribution in [-0.2, 0) is 0 Å². The molecular formula is C11H10N4O. The number of benzene rings is 1. The van der Waals surface area contributed by atoms with Gasteiger partial charge in [-0.15, -0.1) is 0 Å². The van der Waals surface area contributed by atoms with Crippen LogP contribution in [0, 0.1) is 0 Å². The lowest BCUT2D eigenvalue weighted by atomic mass is 10.1.